The molecular formula is C25H37N3O5. The number of nitrogens with zero attached hydrogens (tertiary/aromatic N) is 2. The molecule has 3 aliphatic rings. The highest BCUT2D eigenvalue weighted by Gasteiger charge is 2.48. The number of piperidine rings is 1. The van der Waals surface area contributed by atoms with Gasteiger partial charge in [-0.3, -0.25) is 9.59 Å². The predicted octanol–water partition coefficient (Wildman–Crippen LogP) is 2.27. The van der Waals surface area contributed by atoms with Gasteiger partial charge in [0.15, 0.2) is 0 Å². The first kappa shape index (κ1) is 23.8. The molecule has 2 amide bonds. The summed E-state index contributed by atoms with van der Waals surface area (Å²) in [5, 5.41) is 3.51. The highest BCUT2D eigenvalue weighted by atomic mass is 16.5. The van der Waals surface area contributed by atoms with Crippen LogP contribution in [0.4, 0.5) is 0 Å². The van der Waals surface area contributed by atoms with E-state index in [2.05, 4.69) is 19.2 Å². The van der Waals surface area contributed by atoms with Crippen LogP contribution in [0.1, 0.15) is 54.9 Å². The molecule has 3 saturated heterocycles. The number of amides is 2. The molecule has 3 heterocycles. The number of benzene rings is 1. The second kappa shape index (κ2) is 10.3. The third-order valence-corrected chi connectivity index (χ3v) is 7.29. The molecule has 3 fully saturated rings. The van der Waals surface area contributed by atoms with E-state index in [0.717, 1.165) is 31.4 Å². The quantitative estimate of drug-likeness (QED) is 0.674. The van der Waals surface area contributed by atoms with E-state index in [9.17, 15) is 9.59 Å². The Labute approximate surface area is 196 Å². The van der Waals surface area contributed by atoms with Crippen molar-refractivity contribution in [3.8, 4) is 11.5 Å². The molecular weight excluding hydrogens is 422 g/mol. The first-order valence-electron chi connectivity index (χ1n) is 12.2. The number of likely N-dealkylation sites (tertiary alicyclic amines) is 1. The van der Waals surface area contributed by atoms with Crippen molar-refractivity contribution in [1.29, 1.82) is 0 Å². The standard InChI is InChI=1S/C25H37N3O5/c1-5-6-7-28-15-20(18-12-16(2)26-23(18)25(28)30)17-13-22(32-4)19(14-21(17)31-3)24(29)27-8-10-33-11-9-27/h13-14,16,18,20,23,26H,5-12,15H2,1-4H3. The third kappa shape index (κ3) is 4.68. The van der Waals surface area contributed by atoms with E-state index in [1.54, 1.807) is 19.1 Å². The van der Waals surface area contributed by atoms with Gasteiger partial charge in [0, 0.05) is 43.7 Å². The van der Waals surface area contributed by atoms with Crippen LogP contribution >= 0.6 is 0 Å². The van der Waals surface area contributed by atoms with Crippen molar-refractivity contribution < 1.29 is 23.8 Å². The van der Waals surface area contributed by atoms with E-state index in [0.29, 0.717) is 49.9 Å². The van der Waals surface area contributed by atoms with Gasteiger partial charge in [0.05, 0.1) is 39.0 Å². The Morgan fingerprint density at radius 1 is 1.18 bits per heavy atom. The van der Waals surface area contributed by atoms with Crippen LogP contribution in [0.25, 0.3) is 0 Å². The molecule has 8 heteroatoms. The number of fused-ring (bicyclic) bond motifs is 1. The van der Waals surface area contributed by atoms with Gasteiger partial charge in [0.1, 0.15) is 11.5 Å². The summed E-state index contributed by atoms with van der Waals surface area (Å²) in [6, 6.07) is 3.89. The van der Waals surface area contributed by atoms with E-state index in [1.165, 1.54) is 0 Å². The van der Waals surface area contributed by atoms with E-state index in [4.69, 9.17) is 14.2 Å². The number of morpholine rings is 1. The minimum atomic E-state index is -0.180. The van der Waals surface area contributed by atoms with Crippen LogP contribution in [0.15, 0.2) is 12.1 Å². The smallest absolute Gasteiger partial charge is 0.257 e. The van der Waals surface area contributed by atoms with Gasteiger partial charge in [0.25, 0.3) is 5.91 Å². The maximum absolute atomic E-state index is 13.2. The second-order valence-electron chi connectivity index (χ2n) is 9.39. The Morgan fingerprint density at radius 3 is 2.58 bits per heavy atom. The number of rotatable bonds is 7. The van der Waals surface area contributed by atoms with Crippen molar-refractivity contribution >= 4 is 11.8 Å². The number of carbonyl (C=O) groups excluding carboxylic acids is 2. The molecule has 0 aliphatic carbocycles. The van der Waals surface area contributed by atoms with Gasteiger partial charge in [-0.1, -0.05) is 13.3 Å². The molecule has 1 aromatic carbocycles. The van der Waals surface area contributed by atoms with Crippen molar-refractivity contribution in [2.24, 2.45) is 5.92 Å². The summed E-state index contributed by atoms with van der Waals surface area (Å²) in [4.78, 5) is 30.2. The van der Waals surface area contributed by atoms with Gasteiger partial charge in [-0.05, 0) is 37.8 Å². The van der Waals surface area contributed by atoms with Gasteiger partial charge in [-0.2, -0.15) is 0 Å². The lowest BCUT2D eigenvalue weighted by Gasteiger charge is -2.41. The number of methoxy groups -OCH3 is 2. The van der Waals surface area contributed by atoms with Crippen molar-refractivity contribution in [2.75, 3.05) is 53.6 Å². The number of hydrogen-bond acceptors (Lipinski definition) is 6. The first-order valence-corrected chi connectivity index (χ1v) is 12.2. The molecule has 0 spiro atoms. The van der Waals surface area contributed by atoms with E-state index < -0.39 is 0 Å². The lowest BCUT2D eigenvalue weighted by Crippen LogP contribution is -2.55. The zero-order chi connectivity index (χ0) is 23.5. The number of unbranched alkanes of at least 4 members (excludes halogenated alkanes) is 1. The molecule has 182 valence electrons. The fourth-order valence-corrected chi connectivity index (χ4v) is 5.55. The van der Waals surface area contributed by atoms with Gasteiger partial charge >= 0.3 is 0 Å². The fraction of sp³-hybridized carbons (Fsp3) is 0.680. The van der Waals surface area contributed by atoms with Gasteiger partial charge < -0.3 is 29.3 Å². The molecule has 0 bridgehead atoms. The number of carbonyl (C=O) groups is 2. The average molecular weight is 460 g/mol. The largest absolute Gasteiger partial charge is 0.496 e. The van der Waals surface area contributed by atoms with E-state index >= 15 is 0 Å². The zero-order valence-corrected chi connectivity index (χ0v) is 20.3. The summed E-state index contributed by atoms with van der Waals surface area (Å²) in [5.41, 5.74) is 1.51. The van der Waals surface area contributed by atoms with Crippen LogP contribution in [0.5, 0.6) is 11.5 Å². The van der Waals surface area contributed by atoms with Crippen LogP contribution in [0, 0.1) is 5.92 Å². The Hall–Kier alpha value is -2.32. The molecule has 0 aromatic heterocycles. The normalized spacial score (nSPS) is 27.5. The molecule has 4 unspecified atom stereocenters. The molecule has 1 N–H and O–H groups in total. The van der Waals surface area contributed by atoms with Crippen molar-refractivity contribution in [3.63, 3.8) is 0 Å². The summed E-state index contributed by atoms with van der Waals surface area (Å²) in [7, 11) is 3.24. The predicted molar refractivity (Wildman–Crippen MR) is 125 cm³/mol. The molecule has 4 rings (SSSR count). The van der Waals surface area contributed by atoms with E-state index in [-0.39, 0.29) is 35.7 Å². The Kier molecular flexibility index (Phi) is 7.44. The SMILES string of the molecule is CCCCN1CC(c2cc(OC)c(C(=O)N3CCOCC3)cc2OC)C2CC(C)NC2C1=O. The monoisotopic (exact) mass is 459 g/mol. The lowest BCUT2D eigenvalue weighted by atomic mass is 9.76. The van der Waals surface area contributed by atoms with Crippen LogP contribution < -0.4 is 14.8 Å². The van der Waals surface area contributed by atoms with Gasteiger partial charge in [0.2, 0.25) is 5.91 Å². The fourth-order valence-electron chi connectivity index (χ4n) is 5.55. The maximum Gasteiger partial charge on any atom is 0.257 e. The summed E-state index contributed by atoms with van der Waals surface area (Å²) in [6.07, 6.45) is 2.96. The molecule has 0 radical (unpaired) electrons. The Balaban J connectivity index is 1.70. The highest BCUT2D eigenvalue weighted by molar-refractivity contribution is 5.97. The molecule has 3 aliphatic heterocycles. The molecule has 8 nitrogen and oxygen atoms in total. The van der Waals surface area contributed by atoms with Crippen molar-refractivity contribution in [2.45, 2.75) is 51.1 Å². The Morgan fingerprint density at radius 2 is 1.91 bits per heavy atom. The van der Waals surface area contributed by atoms with Gasteiger partial charge in [-0.15, -0.1) is 0 Å². The Bertz CT molecular complexity index is 870. The molecule has 1 aromatic rings. The van der Waals surface area contributed by atoms with Crippen LogP contribution in [-0.4, -0.2) is 87.3 Å². The summed E-state index contributed by atoms with van der Waals surface area (Å²) in [6.45, 7) is 7.92. The third-order valence-electron chi connectivity index (χ3n) is 7.29. The number of ether oxygens (including phenoxy) is 3. The van der Waals surface area contributed by atoms with Crippen molar-refractivity contribution in [1.82, 2.24) is 15.1 Å². The minimum absolute atomic E-state index is 0.0718. The number of hydrogen-bond donors (Lipinski definition) is 1. The molecule has 0 saturated carbocycles. The summed E-state index contributed by atoms with van der Waals surface area (Å²) < 4.78 is 16.9. The van der Waals surface area contributed by atoms with Crippen LogP contribution in [0.3, 0.4) is 0 Å². The van der Waals surface area contributed by atoms with E-state index in [1.807, 2.05) is 17.0 Å². The maximum atomic E-state index is 13.2. The van der Waals surface area contributed by atoms with Crippen molar-refractivity contribution in [3.05, 3.63) is 23.3 Å². The average Bonchev–Trinajstić information content (AvgIpc) is 3.25. The lowest BCUT2D eigenvalue weighted by molar-refractivity contribution is -0.138. The molecule has 33 heavy (non-hydrogen) atoms. The topological polar surface area (TPSA) is 80.3 Å². The zero-order valence-electron chi connectivity index (χ0n) is 20.3. The van der Waals surface area contributed by atoms with Crippen LogP contribution in [0.2, 0.25) is 0 Å². The summed E-state index contributed by atoms with van der Waals surface area (Å²) in [5.74, 6) is 1.66. The summed E-state index contributed by atoms with van der Waals surface area (Å²) >= 11 is 0. The van der Waals surface area contributed by atoms with Crippen LogP contribution in [-0.2, 0) is 9.53 Å². The molecule has 4 atom stereocenters. The number of nitrogens with one attached hydrogen (secondary N) is 1. The van der Waals surface area contributed by atoms with Gasteiger partial charge in [-0.25, -0.2) is 0 Å². The first-order chi connectivity index (χ1) is 16.0. The minimum Gasteiger partial charge on any atom is -0.496 e. The highest BCUT2D eigenvalue weighted by Crippen LogP contribution is 2.44. The second-order valence-corrected chi connectivity index (χ2v) is 9.39.